The van der Waals surface area contributed by atoms with Crippen molar-refractivity contribution in [3.8, 4) is 0 Å². The van der Waals surface area contributed by atoms with Gasteiger partial charge >= 0.3 is 0 Å². The van der Waals surface area contributed by atoms with E-state index in [1.807, 2.05) is 0 Å². The lowest BCUT2D eigenvalue weighted by Gasteiger charge is -2.57. The second-order valence-electron chi connectivity index (χ2n) is 7.50. The summed E-state index contributed by atoms with van der Waals surface area (Å²) >= 11 is 0. The first-order valence-corrected chi connectivity index (χ1v) is 8.31. The van der Waals surface area contributed by atoms with Gasteiger partial charge in [-0.1, -0.05) is 19.3 Å². The third-order valence-corrected chi connectivity index (χ3v) is 6.18. The summed E-state index contributed by atoms with van der Waals surface area (Å²) in [5.41, 5.74) is 0. The van der Waals surface area contributed by atoms with Gasteiger partial charge in [-0.25, -0.2) is 9.78 Å². The van der Waals surface area contributed by atoms with Gasteiger partial charge in [-0.15, -0.1) is 0 Å². The lowest BCUT2D eigenvalue weighted by Crippen LogP contribution is -2.59. The van der Waals surface area contributed by atoms with Crippen molar-refractivity contribution in [1.82, 2.24) is 0 Å². The zero-order valence-corrected chi connectivity index (χ0v) is 11.7. The SMILES string of the molecule is OC1(OOC2CCCCC2)C2CC3CC(C2)CC1C3. The van der Waals surface area contributed by atoms with E-state index in [2.05, 4.69) is 0 Å². The molecule has 0 aliphatic heterocycles. The summed E-state index contributed by atoms with van der Waals surface area (Å²) in [6, 6.07) is 0. The normalized spacial score (nSPS) is 49.7. The van der Waals surface area contributed by atoms with Crippen molar-refractivity contribution in [2.75, 3.05) is 0 Å². The fraction of sp³-hybridized carbons (Fsp3) is 1.00. The Balaban J connectivity index is 1.41. The predicted molar refractivity (Wildman–Crippen MR) is 71.0 cm³/mol. The summed E-state index contributed by atoms with van der Waals surface area (Å²) in [6.07, 6.45) is 12.2. The van der Waals surface area contributed by atoms with Gasteiger partial charge in [0.15, 0.2) is 0 Å². The number of rotatable bonds is 3. The predicted octanol–water partition coefficient (Wildman–Crippen LogP) is 3.41. The van der Waals surface area contributed by atoms with E-state index in [4.69, 9.17) is 9.78 Å². The number of hydrogen-bond acceptors (Lipinski definition) is 3. The minimum atomic E-state index is -0.967. The van der Waals surface area contributed by atoms with Crippen LogP contribution in [0.1, 0.15) is 64.2 Å². The quantitative estimate of drug-likeness (QED) is 0.483. The standard InChI is InChI=1S/C16H26O3/c17-16(19-18-15-4-2-1-3-5-15)13-7-11-6-12(9-13)10-14(16)8-11/h11-15,17H,1-10H2. The van der Waals surface area contributed by atoms with Crippen LogP contribution in [0.25, 0.3) is 0 Å². The highest BCUT2D eigenvalue weighted by Crippen LogP contribution is 2.58. The van der Waals surface area contributed by atoms with Crippen molar-refractivity contribution >= 4 is 0 Å². The van der Waals surface area contributed by atoms with Gasteiger partial charge in [0.2, 0.25) is 5.79 Å². The Morgan fingerprint density at radius 3 is 1.95 bits per heavy atom. The van der Waals surface area contributed by atoms with Crippen LogP contribution in [0.15, 0.2) is 0 Å². The second-order valence-corrected chi connectivity index (χ2v) is 7.50. The van der Waals surface area contributed by atoms with Gasteiger partial charge in [-0.3, -0.25) is 0 Å². The molecule has 0 aromatic rings. The third kappa shape index (κ3) is 2.14. The highest BCUT2D eigenvalue weighted by molar-refractivity contribution is 5.02. The Morgan fingerprint density at radius 2 is 1.37 bits per heavy atom. The Hall–Kier alpha value is -0.120. The summed E-state index contributed by atoms with van der Waals surface area (Å²) in [5, 5.41) is 11.0. The molecule has 5 aliphatic rings. The molecule has 0 atom stereocenters. The largest absolute Gasteiger partial charge is 0.363 e. The van der Waals surface area contributed by atoms with Crippen molar-refractivity contribution in [1.29, 1.82) is 0 Å². The molecule has 0 aromatic carbocycles. The minimum absolute atomic E-state index is 0.218. The Labute approximate surface area is 115 Å². The number of hydrogen-bond donors (Lipinski definition) is 1. The fourth-order valence-corrected chi connectivity index (χ4v) is 5.30. The summed E-state index contributed by atoms with van der Waals surface area (Å²) in [6.45, 7) is 0. The molecule has 5 fully saturated rings. The number of aliphatic hydroxyl groups is 1. The molecule has 0 heterocycles. The first-order chi connectivity index (χ1) is 9.24. The van der Waals surface area contributed by atoms with Gasteiger partial charge in [-0.05, 0) is 56.8 Å². The zero-order valence-electron chi connectivity index (χ0n) is 11.7. The molecular weight excluding hydrogens is 240 g/mol. The highest BCUT2D eigenvalue weighted by Gasteiger charge is 2.58. The van der Waals surface area contributed by atoms with Crippen LogP contribution in [0.3, 0.4) is 0 Å². The molecule has 1 N–H and O–H groups in total. The van der Waals surface area contributed by atoms with Gasteiger partial charge in [0.25, 0.3) is 0 Å². The molecule has 5 aliphatic carbocycles. The Bertz CT molecular complexity index is 307. The van der Waals surface area contributed by atoms with E-state index in [1.54, 1.807) is 0 Å². The third-order valence-electron chi connectivity index (χ3n) is 6.18. The topological polar surface area (TPSA) is 38.7 Å². The van der Waals surface area contributed by atoms with Crippen LogP contribution >= 0.6 is 0 Å². The Morgan fingerprint density at radius 1 is 0.789 bits per heavy atom. The van der Waals surface area contributed by atoms with Gasteiger partial charge in [0.05, 0.1) is 6.10 Å². The minimum Gasteiger partial charge on any atom is -0.363 e. The molecule has 0 spiro atoms. The molecule has 4 bridgehead atoms. The van der Waals surface area contributed by atoms with Crippen molar-refractivity contribution in [3.05, 3.63) is 0 Å². The molecule has 5 rings (SSSR count). The van der Waals surface area contributed by atoms with Crippen LogP contribution in [-0.4, -0.2) is 17.0 Å². The van der Waals surface area contributed by atoms with Crippen molar-refractivity contribution < 1.29 is 14.9 Å². The van der Waals surface area contributed by atoms with E-state index in [0.717, 1.165) is 50.4 Å². The van der Waals surface area contributed by atoms with Crippen LogP contribution in [-0.2, 0) is 9.78 Å². The van der Waals surface area contributed by atoms with E-state index < -0.39 is 5.79 Å². The molecule has 5 saturated carbocycles. The summed E-state index contributed by atoms with van der Waals surface area (Å²) in [7, 11) is 0. The molecule has 3 heteroatoms. The smallest absolute Gasteiger partial charge is 0.204 e. The van der Waals surface area contributed by atoms with Gasteiger partial charge in [0, 0.05) is 11.8 Å². The monoisotopic (exact) mass is 266 g/mol. The van der Waals surface area contributed by atoms with Crippen LogP contribution in [0.5, 0.6) is 0 Å². The van der Waals surface area contributed by atoms with Gasteiger partial charge < -0.3 is 5.11 Å². The summed E-state index contributed by atoms with van der Waals surface area (Å²) in [5.74, 6) is 1.38. The highest BCUT2D eigenvalue weighted by atomic mass is 17.2. The van der Waals surface area contributed by atoms with E-state index in [0.29, 0.717) is 11.8 Å². The molecule has 0 saturated heterocycles. The maximum Gasteiger partial charge on any atom is 0.204 e. The average Bonchev–Trinajstić information content (AvgIpc) is 2.43. The molecule has 0 unspecified atom stereocenters. The van der Waals surface area contributed by atoms with Gasteiger partial charge in [-0.2, -0.15) is 0 Å². The van der Waals surface area contributed by atoms with Crippen molar-refractivity contribution in [2.24, 2.45) is 23.7 Å². The van der Waals surface area contributed by atoms with Crippen LogP contribution in [0, 0.1) is 23.7 Å². The van der Waals surface area contributed by atoms with Crippen molar-refractivity contribution in [2.45, 2.75) is 76.1 Å². The average molecular weight is 266 g/mol. The zero-order chi connectivity index (χ0) is 12.9. The van der Waals surface area contributed by atoms with Crippen LogP contribution in [0.4, 0.5) is 0 Å². The lowest BCUT2D eigenvalue weighted by molar-refractivity contribution is -0.481. The maximum atomic E-state index is 11.0. The van der Waals surface area contributed by atoms with Crippen LogP contribution in [0.2, 0.25) is 0 Å². The molecule has 19 heavy (non-hydrogen) atoms. The van der Waals surface area contributed by atoms with Crippen LogP contribution < -0.4 is 0 Å². The van der Waals surface area contributed by atoms with E-state index in [-0.39, 0.29) is 6.10 Å². The van der Waals surface area contributed by atoms with E-state index >= 15 is 0 Å². The van der Waals surface area contributed by atoms with E-state index in [1.165, 1.54) is 25.7 Å². The first kappa shape index (κ1) is 12.6. The van der Waals surface area contributed by atoms with Gasteiger partial charge in [0.1, 0.15) is 0 Å². The molecule has 108 valence electrons. The second kappa shape index (κ2) is 4.71. The summed E-state index contributed by atoms with van der Waals surface area (Å²) in [4.78, 5) is 11.4. The Kier molecular flexibility index (Phi) is 3.13. The molecule has 0 aromatic heterocycles. The molecular formula is C16H26O3. The lowest BCUT2D eigenvalue weighted by atomic mass is 9.53. The van der Waals surface area contributed by atoms with E-state index in [9.17, 15) is 5.11 Å². The molecule has 3 nitrogen and oxygen atoms in total. The van der Waals surface area contributed by atoms with Crippen molar-refractivity contribution in [3.63, 3.8) is 0 Å². The fourth-order valence-electron chi connectivity index (χ4n) is 5.30. The molecule has 0 amide bonds. The molecule has 0 radical (unpaired) electrons. The first-order valence-electron chi connectivity index (χ1n) is 8.31. The maximum absolute atomic E-state index is 11.0. The summed E-state index contributed by atoms with van der Waals surface area (Å²) < 4.78 is 0.